The summed E-state index contributed by atoms with van der Waals surface area (Å²) in [6.07, 6.45) is 2.69. The predicted molar refractivity (Wildman–Crippen MR) is 137 cm³/mol. The summed E-state index contributed by atoms with van der Waals surface area (Å²) in [5, 5.41) is 13.6. The molecule has 2 N–H and O–H groups in total. The molecule has 182 valence electrons. The SMILES string of the molecule is CCCNC(=O)c1c(C)n(C)c2cc(Oc3ccnc4cc(C(=O)N5CCC(O)C5)sc34)ccc12. The zero-order valence-electron chi connectivity index (χ0n) is 20.0. The highest BCUT2D eigenvalue weighted by atomic mass is 32.1. The Morgan fingerprint density at radius 2 is 2.11 bits per heavy atom. The number of benzene rings is 1. The molecule has 0 saturated carbocycles. The van der Waals surface area contributed by atoms with Crippen LogP contribution in [0, 0.1) is 6.92 Å². The number of hydrogen-bond donors (Lipinski definition) is 2. The summed E-state index contributed by atoms with van der Waals surface area (Å²) in [7, 11) is 1.94. The minimum Gasteiger partial charge on any atom is -0.456 e. The molecule has 9 heteroatoms. The van der Waals surface area contributed by atoms with Crippen LogP contribution in [0.5, 0.6) is 11.5 Å². The number of thiophene rings is 1. The molecule has 4 aromatic rings. The molecule has 1 atom stereocenters. The molecule has 35 heavy (non-hydrogen) atoms. The number of aliphatic hydroxyl groups excluding tert-OH is 1. The first-order chi connectivity index (χ1) is 16.9. The monoisotopic (exact) mass is 492 g/mol. The van der Waals surface area contributed by atoms with Gasteiger partial charge in [-0.05, 0) is 38.0 Å². The molecule has 3 aromatic heterocycles. The summed E-state index contributed by atoms with van der Waals surface area (Å²) < 4.78 is 9.04. The zero-order chi connectivity index (χ0) is 24.7. The Morgan fingerprint density at radius 1 is 1.29 bits per heavy atom. The number of fused-ring (bicyclic) bond motifs is 2. The molecule has 1 unspecified atom stereocenters. The van der Waals surface area contributed by atoms with Crippen LogP contribution in [0.25, 0.3) is 21.1 Å². The maximum atomic E-state index is 12.9. The Labute approximate surface area is 207 Å². The van der Waals surface area contributed by atoms with Gasteiger partial charge in [0.2, 0.25) is 0 Å². The zero-order valence-corrected chi connectivity index (χ0v) is 20.8. The van der Waals surface area contributed by atoms with Crippen molar-refractivity contribution in [1.82, 2.24) is 19.8 Å². The third-order valence-electron chi connectivity index (χ3n) is 6.49. The van der Waals surface area contributed by atoms with Crippen LogP contribution in [0.3, 0.4) is 0 Å². The number of β-amino-alcohol motifs (C(OH)–C–C–N with tert-alkyl or cyclic N) is 1. The minimum atomic E-state index is -0.459. The van der Waals surface area contributed by atoms with E-state index in [-0.39, 0.29) is 11.8 Å². The second-order valence-corrected chi connectivity index (χ2v) is 9.94. The number of carbonyl (C=O) groups excluding carboxylic acids is 2. The van der Waals surface area contributed by atoms with Crippen LogP contribution in [-0.4, -0.2) is 57.1 Å². The summed E-state index contributed by atoms with van der Waals surface area (Å²) in [6, 6.07) is 9.27. The number of rotatable bonds is 6. The van der Waals surface area contributed by atoms with Gasteiger partial charge in [-0.15, -0.1) is 11.3 Å². The summed E-state index contributed by atoms with van der Waals surface area (Å²) in [4.78, 5) is 32.3. The van der Waals surface area contributed by atoms with E-state index in [4.69, 9.17) is 4.74 Å². The second-order valence-electron chi connectivity index (χ2n) is 8.88. The van der Waals surface area contributed by atoms with Gasteiger partial charge in [-0.1, -0.05) is 6.92 Å². The number of amides is 2. The average molecular weight is 493 g/mol. The van der Waals surface area contributed by atoms with E-state index in [0.717, 1.165) is 27.7 Å². The van der Waals surface area contributed by atoms with E-state index in [0.29, 0.717) is 53.5 Å². The number of ether oxygens (including phenoxy) is 1. The Hall–Kier alpha value is -3.43. The number of aliphatic hydroxyl groups is 1. The topological polar surface area (TPSA) is 96.7 Å². The maximum absolute atomic E-state index is 12.9. The molecule has 2 amide bonds. The summed E-state index contributed by atoms with van der Waals surface area (Å²) >= 11 is 1.35. The van der Waals surface area contributed by atoms with E-state index in [2.05, 4.69) is 10.3 Å². The van der Waals surface area contributed by atoms with Crippen molar-refractivity contribution in [3.63, 3.8) is 0 Å². The number of aryl methyl sites for hydroxylation is 1. The van der Waals surface area contributed by atoms with Gasteiger partial charge in [-0.3, -0.25) is 14.6 Å². The lowest BCUT2D eigenvalue weighted by atomic mass is 10.1. The lowest BCUT2D eigenvalue weighted by molar-refractivity contribution is 0.0769. The van der Waals surface area contributed by atoms with Crippen molar-refractivity contribution in [2.24, 2.45) is 7.05 Å². The summed E-state index contributed by atoms with van der Waals surface area (Å²) in [5.41, 5.74) is 3.18. The first kappa shape index (κ1) is 23.3. The van der Waals surface area contributed by atoms with E-state index in [1.54, 1.807) is 23.2 Å². The molecule has 1 aromatic carbocycles. The smallest absolute Gasteiger partial charge is 0.264 e. The Morgan fingerprint density at radius 3 is 2.86 bits per heavy atom. The predicted octanol–water partition coefficient (Wildman–Crippen LogP) is 4.24. The Balaban J connectivity index is 1.46. The van der Waals surface area contributed by atoms with Crippen LogP contribution >= 0.6 is 11.3 Å². The lowest BCUT2D eigenvalue weighted by Gasteiger charge is -2.13. The number of carbonyl (C=O) groups is 2. The van der Waals surface area contributed by atoms with Crippen molar-refractivity contribution in [2.45, 2.75) is 32.8 Å². The number of nitrogens with zero attached hydrogens (tertiary/aromatic N) is 3. The van der Waals surface area contributed by atoms with Gasteiger partial charge in [0, 0.05) is 56.1 Å². The van der Waals surface area contributed by atoms with Crippen molar-refractivity contribution in [2.75, 3.05) is 19.6 Å². The van der Waals surface area contributed by atoms with Crippen molar-refractivity contribution in [1.29, 1.82) is 0 Å². The number of aromatic nitrogens is 2. The van der Waals surface area contributed by atoms with E-state index >= 15 is 0 Å². The molecule has 0 aliphatic carbocycles. The minimum absolute atomic E-state index is 0.0687. The van der Waals surface area contributed by atoms with Gasteiger partial charge in [0.1, 0.15) is 11.5 Å². The lowest BCUT2D eigenvalue weighted by Crippen LogP contribution is -2.28. The Bertz CT molecular complexity index is 1440. The van der Waals surface area contributed by atoms with Gasteiger partial charge < -0.3 is 24.6 Å². The van der Waals surface area contributed by atoms with Crippen molar-refractivity contribution in [3.05, 3.63) is 52.7 Å². The van der Waals surface area contributed by atoms with E-state index in [1.807, 2.05) is 43.7 Å². The van der Waals surface area contributed by atoms with Crippen LogP contribution < -0.4 is 10.1 Å². The number of likely N-dealkylation sites (tertiary alicyclic amines) is 1. The largest absolute Gasteiger partial charge is 0.456 e. The van der Waals surface area contributed by atoms with Gasteiger partial charge in [-0.25, -0.2) is 0 Å². The fraction of sp³-hybridized carbons (Fsp3) is 0.346. The van der Waals surface area contributed by atoms with E-state index in [9.17, 15) is 14.7 Å². The van der Waals surface area contributed by atoms with Gasteiger partial charge >= 0.3 is 0 Å². The number of pyridine rings is 1. The van der Waals surface area contributed by atoms with Crippen LogP contribution in [0.4, 0.5) is 0 Å². The van der Waals surface area contributed by atoms with E-state index in [1.165, 1.54) is 11.3 Å². The van der Waals surface area contributed by atoms with Crippen LogP contribution in [0.15, 0.2) is 36.5 Å². The van der Waals surface area contributed by atoms with Crippen LogP contribution in [-0.2, 0) is 7.05 Å². The molecular weight excluding hydrogens is 464 g/mol. The first-order valence-electron chi connectivity index (χ1n) is 11.8. The summed E-state index contributed by atoms with van der Waals surface area (Å²) in [6.45, 7) is 5.52. The highest BCUT2D eigenvalue weighted by Gasteiger charge is 2.27. The Kier molecular flexibility index (Phi) is 6.21. The molecule has 5 rings (SSSR count). The standard InChI is InChI=1S/C26H28N4O4S/c1-4-9-28-25(32)23-15(2)29(3)20-12-17(5-6-18(20)23)34-21-7-10-27-19-13-22(35-24(19)21)26(33)30-11-8-16(31)14-30/h5-7,10,12-13,16,31H,4,8-9,11,14H2,1-3H3,(H,28,32). The summed E-state index contributed by atoms with van der Waals surface area (Å²) in [5.74, 6) is 1.09. The van der Waals surface area contributed by atoms with Gasteiger partial charge in [0.25, 0.3) is 11.8 Å². The molecule has 0 bridgehead atoms. The van der Waals surface area contributed by atoms with Gasteiger partial charge in [0.15, 0.2) is 0 Å². The average Bonchev–Trinajstić information content (AvgIpc) is 3.55. The third kappa shape index (κ3) is 4.26. The van der Waals surface area contributed by atoms with Gasteiger partial charge in [0.05, 0.1) is 32.3 Å². The van der Waals surface area contributed by atoms with Crippen molar-refractivity contribution < 1.29 is 19.4 Å². The molecule has 1 fully saturated rings. The molecule has 4 heterocycles. The molecule has 1 saturated heterocycles. The molecule has 1 aliphatic heterocycles. The molecule has 0 radical (unpaired) electrons. The van der Waals surface area contributed by atoms with E-state index < -0.39 is 6.10 Å². The number of nitrogens with one attached hydrogen (secondary N) is 1. The highest BCUT2D eigenvalue weighted by Crippen LogP contribution is 2.37. The maximum Gasteiger partial charge on any atom is 0.264 e. The molecule has 0 spiro atoms. The molecule has 1 aliphatic rings. The number of hydrogen-bond acceptors (Lipinski definition) is 6. The fourth-order valence-corrected chi connectivity index (χ4v) is 5.56. The highest BCUT2D eigenvalue weighted by molar-refractivity contribution is 7.21. The first-order valence-corrected chi connectivity index (χ1v) is 12.6. The van der Waals surface area contributed by atoms with Crippen LogP contribution in [0.1, 0.15) is 45.5 Å². The quantitative estimate of drug-likeness (QED) is 0.420. The fourth-order valence-electron chi connectivity index (χ4n) is 4.53. The molecular formula is C26H28N4O4S. The normalized spacial score (nSPS) is 15.8. The molecule has 8 nitrogen and oxygen atoms in total. The van der Waals surface area contributed by atoms with Crippen molar-refractivity contribution in [3.8, 4) is 11.5 Å². The second kappa shape index (κ2) is 9.31. The van der Waals surface area contributed by atoms with Crippen LogP contribution in [0.2, 0.25) is 0 Å². The third-order valence-corrected chi connectivity index (χ3v) is 7.62. The van der Waals surface area contributed by atoms with Gasteiger partial charge in [-0.2, -0.15) is 0 Å². The van der Waals surface area contributed by atoms with Crippen molar-refractivity contribution >= 4 is 44.3 Å².